The highest BCUT2D eigenvalue weighted by Gasteiger charge is 2.11. The second-order valence-corrected chi connectivity index (χ2v) is 4.66. The van der Waals surface area contributed by atoms with Crippen molar-refractivity contribution in [3.05, 3.63) is 66.0 Å². The number of rotatable bonds is 3. The van der Waals surface area contributed by atoms with E-state index in [0.29, 0.717) is 28.1 Å². The van der Waals surface area contributed by atoms with Gasteiger partial charge in [-0.1, -0.05) is 29.4 Å². The van der Waals surface area contributed by atoms with Gasteiger partial charge in [0.15, 0.2) is 5.76 Å². The minimum atomic E-state index is -0.421. The van der Waals surface area contributed by atoms with E-state index < -0.39 is 5.97 Å². The smallest absolute Gasteiger partial charge is 0.337 e. The summed E-state index contributed by atoms with van der Waals surface area (Å²) in [4.78, 5) is 11.6. The van der Waals surface area contributed by atoms with E-state index >= 15 is 0 Å². The Morgan fingerprint density at radius 2 is 1.86 bits per heavy atom. The minimum Gasteiger partial charge on any atom is -0.465 e. The normalized spacial score (nSPS) is 10.5. The lowest BCUT2D eigenvalue weighted by Crippen LogP contribution is -2.00. The van der Waals surface area contributed by atoms with Crippen LogP contribution in [-0.2, 0) is 4.74 Å². The maximum absolute atomic E-state index is 13.2. The molecule has 110 valence electrons. The number of halogens is 1. The molecule has 0 N–H and O–H groups in total. The molecule has 0 unspecified atom stereocenters. The van der Waals surface area contributed by atoms with Crippen LogP contribution in [0.2, 0.25) is 0 Å². The van der Waals surface area contributed by atoms with E-state index in [4.69, 9.17) is 9.26 Å². The van der Waals surface area contributed by atoms with Crippen molar-refractivity contribution in [1.29, 1.82) is 0 Å². The molecular weight excluding hydrogens is 285 g/mol. The Morgan fingerprint density at radius 3 is 2.64 bits per heavy atom. The van der Waals surface area contributed by atoms with Crippen LogP contribution >= 0.6 is 0 Å². The zero-order chi connectivity index (χ0) is 15.5. The molecule has 0 aliphatic carbocycles. The number of esters is 1. The van der Waals surface area contributed by atoms with E-state index in [1.54, 1.807) is 42.5 Å². The van der Waals surface area contributed by atoms with Gasteiger partial charge in [0.25, 0.3) is 0 Å². The number of hydrogen-bond donors (Lipinski definition) is 0. The highest BCUT2D eigenvalue weighted by Crippen LogP contribution is 2.27. The molecule has 0 amide bonds. The molecule has 0 radical (unpaired) electrons. The summed E-state index contributed by atoms with van der Waals surface area (Å²) in [6, 6.07) is 14.6. The van der Waals surface area contributed by atoms with Gasteiger partial charge in [0.1, 0.15) is 11.5 Å². The predicted octanol–water partition coefficient (Wildman–Crippen LogP) is 3.93. The fourth-order valence-corrected chi connectivity index (χ4v) is 2.11. The number of hydrogen-bond acceptors (Lipinski definition) is 4. The lowest BCUT2D eigenvalue weighted by Gasteiger charge is -2.00. The topological polar surface area (TPSA) is 52.3 Å². The van der Waals surface area contributed by atoms with E-state index in [1.807, 2.05) is 0 Å². The molecule has 5 heteroatoms. The predicted molar refractivity (Wildman–Crippen MR) is 78.7 cm³/mol. The number of benzene rings is 2. The molecule has 0 bridgehead atoms. The Bertz CT molecular complexity index is 826. The summed E-state index contributed by atoms with van der Waals surface area (Å²) in [5, 5.41) is 3.97. The number of ether oxygens (including phenoxy) is 1. The minimum absolute atomic E-state index is 0.344. The molecule has 0 aliphatic rings. The second-order valence-electron chi connectivity index (χ2n) is 4.66. The van der Waals surface area contributed by atoms with Crippen molar-refractivity contribution in [2.24, 2.45) is 0 Å². The van der Waals surface area contributed by atoms with Crippen molar-refractivity contribution in [2.45, 2.75) is 0 Å². The SMILES string of the molecule is COC(=O)c1cccc(-c2cc(-c3cccc(F)c3)on2)c1. The summed E-state index contributed by atoms with van der Waals surface area (Å²) < 4.78 is 23.2. The molecule has 4 nitrogen and oxygen atoms in total. The highest BCUT2D eigenvalue weighted by molar-refractivity contribution is 5.90. The van der Waals surface area contributed by atoms with Gasteiger partial charge in [-0.3, -0.25) is 0 Å². The van der Waals surface area contributed by atoms with Gasteiger partial charge in [-0.15, -0.1) is 0 Å². The zero-order valence-electron chi connectivity index (χ0n) is 11.7. The Kier molecular flexibility index (Phi) is 3.70. The van der Waals surface area contributed by atoms with E-state index in [1.165, 1.54) is 19.2 Å². The van der Waals surface area contributed by atoms with Gasteiger partial charge >= 0.3 is 5.97 Å². The van der Waals surface area contributed by atoms with Crippen molar-refractivity contribution in [1.82, 2.24) is 5.16 Å². The molecule has 0 aliphatic heterocycles. The van der Waals surface area contributed by atoms with Crippen LogP contribution < -0.4 is 0 Å². The monoisotopic (exact) mass is 297 g/mol. The molecule has 3 rings (SSSR count). The van der Waals surface area contributed by atoms with Crippen LogP contribution in [0.4, 0.5) is 4.39 Å². The first kappa shape index (κ1) is 14.0. The van der Waals surface area contributed by atoms with Crippen LogP contribution in [0.15, 0.2) is 59.1 Å². The molecule has 0 atom stereocenters. The summed E-state index contributed by atoms with van der Waals surface area (Å²) in [6.07, 6.45) is 0. The van der Waals surface area contributed by atoms with Crippen LogP contribution in [0.1, 0.15) is 10.4 Å². The van der Waals surface area contributed by atoms with Crippen LogP contribution in [0.5, 0.6) is 0 Å². The molecule has 22 heavy (non-hydrogen) atoms. The average Bonchev–Trinajstić information content (AvgIpc) is 3.04. The number of aromatic nitrogens is 1. The quantitative estimate of drug-likeness (QED) is 0.687. The van der Waals surface area contributed by atoms with Crippen LogP contribution in [0, 0.1) is 5.82 Å². The van der Waals surface area contributed by atoms with Crippen molar-refractivity contribution < 1.29 is 18.4 Å². The van der Waals surface area contributed by atoms with Gasteiger partial charge in [-0.2, -0.15) is 0 Å². The standard InChI is InChI=1S/C17H12FNO3/c1-21-17(20)13-6-2-4-11(8-13)15-10-16(22-19-15)12-5-3-7-14(18)9-12/h2-10H,1H3. The summed E-state index contributed by atoms with van der Waals surface area (Å²) in [7, 11) is 1.33. The Hall–Kier alpha value is -2.95. The molecule has 0 spiro atoms. The van der Waals surface area contributed by atoms with Gasteiger partial charge in [0.05, 0.1) is 12.7 Å². The van der Waals surface area contributed by atoms with Crippen LogP contribution in [-0.4, -0.2) is 18.2 Å². The molecule has 2 aromatic carbocycles. The fourth-order valence-electron chi connectivity index (χ4n) is 2.11. The van der Waals surface area contributed by atoms with E-state index in [-0.39, 0.29) is 5.82 Å². The third kappa shape index (κ3) is 2.74. The molecule has 1 aromatic heterocycles. The maximum Gasteiger partial charge on any atom is 0.337 e. The van der Waals surface area contributed by atoms with Gasteiger partial charge in [0.2, 0.25) is 0 Å². The van der Waals surface area contributed by atoms with Gasteiger partial charge in [-0.25, -0.2) is 9.18 Å². The molecule has 3 aromatic rings. The van der Waals surface area contributed by atoms with Crippen LogP contribution in [0.3, 0.4) is 0 Å². The first-order chi connectivity index (χ1) is 10.7. The Morgan fingerprint density at radius 1 is 1.09 bits per heavy atom. The molecule has 0 saturated carbocycles. The third-order valence-electron chi connectivity index (χ3n) is 3.20. The number of nitrogens with zero attached hydrogens (tertiary/aromatic N) is 1. The first-order valence-electron chi connectivity index (χ1n) is 6.59. The lowest BCUT2D eigenvalue weighted by atomic mass is 10.1. The first-order valence-corrected chi connectivity index (χ1v) is 6.59. The van der Waals surface area contributed by atoms with Crippen LogP contribution in [0.25, 0.3) is 22.6 Å². The Balaban J connectivity index is 1.96. The largest absolute Gasteiger partial charge is 0.465 e. The second kappa shape index (κ2) is 5.81. The van der Waals surface area contributed by atoms with E-state index in [9.17, 15) is 9.18 Å². The number of methoxy groups -OCH3 is 1. The molecule has 1 heterocycles. The molecule has 0 fully saturated rings. The van der Waals surface area contributed by atoms with Gasteiger partial charge < -0.3 is 9.26 Å². The summed E-state index contributed by atoms with van der Waals surface area (Å²) in [5.74, 6) is -0.309. The maximum atomic E-state index is 13.2. The van der Waals surface area contributed by atoms with Crippen molar-refractivity contribution >= 4 is 5.97 Å². The highest BCUT2D eigenvalue weighted by atomic mass is 19.1. The van der Waals surface area contributed by atoms with E-state index in [0.717, 1.165) is 0 Å². The molecule has 0 saturated heterocycles. The molecular formula is C17H12FNO3. The summed E-state index contributed by atoms with van der Waals surface area (Å²) in [5.41, 5.74) is 2.30. The lowest BCUT2D eigenvalue weighted by molar-refractivity contribution is 0.0601. The zero-order valence-corrected chi connectivity index (χ0v) is 11.7. The summed E-state index contributed by atoms with van der Waals surface area (Å²) >= 11 is 0. The number of carbonyl (C=O) groups is 1. The Labute approximate surface area is 126 Å². The number of carbonyl (C=O) groups excluding carboxylic acids is 1. The van der Waals surface area contributed by atoms with Crippen molar-refractivity contribution in [3.8, 4) is 22.6 Å². The van der Waals surface area contributed by atoms with Gasteiger partial charge in [-0.05, 0) is 24.3 Å². The van der Waals surface area contributed by atoms with Crippen molar-refractivity contribution in [3.63, 3.8) is 0 Å². The summed E-state index contributed by atoms with van der Waals surface area (Å²) in [6.45, 7) is 0. The van der Waals surface area contributed by atoms with Gasteiger partial charge in [0, 0.05) is 17.2 Å². The fraction of sp³-hybridized carbons (Fsp3) is 0.0588. The van der Waals surface area contributed by atoms with E-state index in [2.05, 4.69) is 5.16 Å². The average molecular weight is 297 g/mol. The third-order valence-corrected chi connectivity index (χ3v) is 3.20. The van der Waals surface area contributed by atoms with Crippen molar-refractivity contribution in [2.75, 3.05) is 7.11 Å².